The monoisotopic (exact) mass is 156 g/mol. The number of hydrogen-bond donors (Lipinski definition) is 1. The fourth-order valence-electron chi connectivity index (χ4n) is 0.504. The Bertz CT molecular complexity index is 151. The van der Waals surface area contributed by atoms with E-state index in [9.17, 15) is 4.79 Å². The molecule has 1 amide bonds. The smallest absolute Gasteiger partial charge is 0.246 e. The van der Waals surface area contributed by atoms with E-state index in [1.807, 2.05) is 13.0 Å². The number of carbonyl (C=O) groups excluding carboxylic acids is 1. The molecule has 0 aromatic heterocycles. The molecule has 4 nitrogen and oxygen atoms in total. The molecule has 0 radical (unpaired) electrons. The van der Waals surface area contributed by atoms with Crippen LogP contribution in [0.4, 0.5) is 0 Å². The summed E-state index contributed by atoms with van der Waals surface area (Å²) >= 11 is 0. The van der Waals surface area contributed by atoms with Crippen molar-refractivity contribution in [1.29, 1.82) is 5.26 Å². The number of rotatable bonds is 5. The third-order valence-electron chi connectivity index (χ3n) is 0.996. The van der Waals surface area contributed by atoms with Crippen molar-refractivity contribution in [2.24, 2.45) is 0 Å². The zero-order chi connectivity index (χ0) is 8.53. The maximum atomic E-state index is 10.7. The minimum absolute atomic E-state index is 0.0852. The predicted octanol–water partition coefficient (Wildman–Crippen LogP) is 0.0528. The van der Waals surface area contributed by atoms with Gasteiger partial charge in [0.15, 0.2) is 0 Å². The van der Waals surface area contributed by atoms with E-state index in [0.29, 0.717) is 19.6 Å². The lowest BCUT2D eigenvalue weighted by Crippen LogP contribution is -2.28. The average molecular weight is 156 g/mol. The third-order valence-corrected chi connectivity index (χ3v) is 0.996. The number of hydrogen-bond acceptors (Lipinski definition) is 3. The minimum Gasteiger partial charge on any atom is -0.372 e. The average Bonchev–Trinajstić information content (AvgIpc) is 2.01. The number of ether oxygens (including phenoxy) is 1. The van der Waals surface area contributed by atoms with Crippen molar-refractivity contribution < 1.29 is 9.53 Å². The van der Waals surface area contributed by atoms with E-state index in [0.717, 1.165) is 0 Å². The molecule has 4 heteroatoms. The molecule has 1 N–H and O–H groups in total. The van der Waals surface area contributed by atoms with Gasteiger partial charge in [-0.1, -0.05) is 0 Å². The first-order valence-corrected chi connectivity index (χ1v) is 3.52. The van der Waals surface area contributed by atoms with Crippen LogP contribution in [0.15, 0.2) is 0 Å². The molecule has 0 saturated carbocycles. The Hall–Kier alpha value is -1.08. The van der Waals surface area contributed by atoms with Crippen molar-refractivity contribution in [2.45, 2.75) is 13.3 Å². The van der Waals surface area contributed by atoms with Crippen LogP contribution in [-0.2, 0) is 9.53 Å². The summed E-state index contributed by atoms with van der Waals surface area (Å²) < 4.78 is 4.83. The lowest BCUT2D eigenvalue weighted by Gasteiger charge is -2.01. The van der Waals surface area contributed by atoms with Gasteiger partial charge in [0.25, 0.3) is 0 Å². The van der Waals surface area contributed by atoms with E-state index in [1.165, 1.54) is 0 Å². The molecule has 0 aromatic rings. The molecular formula is C7H12N2O2. The van der Waals surface area contributed by atoms with Crippen LogP contribution in [0.1, 0.15) is 13.3 Å². The largest absolute Gasteiger partial charge is 0.372 e. The van der Waals surface area contributed by atoms with Gasteiger partial charge in [-0.25, -0.2) is 0 Å². The summed E-state index contributed by atoms with van der Waals surface area (Å²) in [7, 11) is 0. The van der Waals surface area contributed by atoms with Crippen LogP contribution in [0.5, 0.6) is 0 Å². The second-order valence-electron chi connectivity index (χ2n) is 1.90. The number of nitriles is 1. The van der Waals surface area contributed by atoms with Crippen molar-refractivity contribution in [3.8, 4) is 6.07 Å². The highest BCUT2D eigenvalue weighted by Gasteiger charge is 1.97. The second kappa shape index (κ2) is 7.03. The van der Waals surface area contributed by atoms with Crippen molar-refractivity contribution in [1.82, 2.24) is 5.32 Å². The van der Waals surface area contributed by atoms with Crippen molar-refractivity contribution >= 4 is 5.91 Å². The summed E-state index contributed by atoms with van der Waals surface area (Å²) in [5, 5.41) is 10.7. The first-order chi connectivity index (χ1) is 5.31. The van der Waals surface area contributed by atoms with E-state index in [2.05, 4.69) is 5.32 Å². The summed E-state index contributed by atoms with van der Waals surface area (Å²) in [5.41, 5.74) is 0. The van der Waals surface area contributed by atoms with Gasteiger partial charge in [-0.05, 0) is 6.92 Å². The van der Waals surface area contributed by atoms with Crippen LogP contribution in [0.25, 0.3) is 0 Å². The lowest BCUT2D eigenvalue weighted by molar-refractivity contribution is -0.125. The summed E-state index contributed by atoms with van der Waals surface area (Å²) in [6, 6.07) is 1.92. The number of nitrogens with one attached hydrogen (secondary N) is 1. The summed E-state index contributed by atoms with van der Waals surface area (Å²) in [5.74, 6) is -0.165. The molecule has 0 rings (SSSR count). The molecule has 0 bridgehead atoms. The molecule has 11 heavy (non-hydrogen) atoms. The first kappa shape index (κ1) is 9.92. The van der Waals surface area contributed by atoms with E-state index in [-0.39, 0.29) is 12.5 Å². The van der Waals surface area contributed by atoms with Gasteiger partial charge in [0.2, 0.25) is 5.91 Å². The van der Waals surface area contributed by atoms with Gasteiger partial charge in [0.05, 0.1) is 12.5 Å². The maximum Gasteiger partial charge on any atom is 0.246 e. The molecule has 0 heterocycles. The fraction of sp³-hybridized carbons (Fsp3) is 0.714. The Morgan fingerprint density at radius 1 is 1.73 bits per heavy atom. The van der Waals surface area contributed by atoms with E-state index >= 15 is 0 Å². The molecule has 0 unspecified atom stereocenters. The SMILES string of the molecule is CCOCC(=O)NCCC#N. The van der Waals surface area contributed by atoms with Crippen LogP contribution in [0.3, 0.4) is 0 Å². The van der Waals surface area contributed by atoms with Gasteiger partial charge in [0.1, 0.15) is 6.61 Å². The lowest BCUT2D eigenvalue weighted by atomic mass is 10.4. The topological polar surface area (TPSA) is 62.1 Å². The van der Waals surface area contributed by atoms with Crippen LogP contribution in [0, 0.1) is 11.3 Å². The third kappa shape index (κ3) is 6.81. The zero-order valence-corrected chi connectivity index (χ0v) is 6.59. The molecule has 0 aliphatic heterocycles. The summed E-state index contributed by atoms with van der Waals surface area (Å²) in [4.78, 5) is 10.7. The highest BCUT2D eigenvalue weighted by Crippen LogP contribution is 1.75. The molecule has 0 fully saturated rings. The van der Waals surface area contributed by atoms with Crippen molar-refractivity contribution in [3.63, 3.8) is 0 Å². The molecular weight excluding hydrogens is 144 g/mol. The van der Waals surface area contributed by atoms with Gasteiger partial charge < -0.3 is 10.1 Å². The quantitative estimate of drug-likeness (QED) is 0.572. The Labute approximate surface area is 66.1 Å². The molecule has 0 aliphatic carbocycles. The maximum absolute atomic E-state index is 10.7. The van der Waals surface area contributed by atoms with Gasteiger partial charge in [0, 0.05) is 13.2 Å². The molecule has 0 spiro atoms. The molecule has 62 valence electrons. The molecule has 0 aliphatic rings. The zero-order valence-electron chi connectivity index (χ0n) is 6.59. The van der Waals surface area contributed by atoms with E-state index in [4.69, 9.17) is 10.00 Å². The van der Waals surface area contributed by atoms with E-state index < -0.39 is 0 Å². The van der Waals surface area contributed by atoms with Crippen LogP contribution in [0.2, 0.25) is 0 Å². The molecule has 0 saturated heterocycles. The van der Waals surface area contributed by atoms with Gasteiger partial charge >= 0.3 is 0 Å². The minimum atomic E-state index is -0.165. The van der Waals surface area contributed by atoms with Crippen molar-refractivity contribution in [2.75, 3.05) is 19.8 Å². The van der Waals surface area contributed by atoms with Gasteiger partial charge in [-0.2, -0.15) is 5.26 Å². The Morgan fingerprint density at radius 2 is 2.45 bits per heavy atom. The van der Waals surface area contributed by atoms with Gasteiger partial charge in [-0.15, -0.1) is 0 Å². The van der Waals surface area contributed by atoms with Crippen LogP contribution < -0.4 is 5.32 Å². The van der Waals surface area contributed by atoms with Crippen LogP contribution in [-0.4, -0.2) is 25.7 Å². The fourth-order valence-corrected chi connectivity index (χ4v) is 0.504. The Morgan fingerprint density at radius 3 is 3.00 bits per heavy atom. The highest BCUT2D eigenvalue weighted by molar-refractivity contribution is 5.77. The Kier molecular flexibility index (Phi) is 6.34. The highest BCUT2D eigenvalue weighted by atomic mass is 16.5. The summed E-state index contributed by atoms with van der Waals surface area (Å²) in [6.45, 7) is 2.85. The Balaban J connectivity index is 3.17. The number of carbonyl (C=O) groups is 1. The second-order valence-corrected chi connectivity index (χ2v) is 1.90. The van der Waals surface area contributed by atoms with Crippen molar-refractivity contribution in [3.05, 3.63) is 0 Å². The van der Waals surface area contributed by atoms with Crippen LogP contribution >= 0.6 is 0 Å². The number of nitrogens with zero attached hydrogens (tertiary/aromatic N) is 1. The normalized spacial score (nSPS) is 8.73. The number of amides is 1. The first-order valence-electron chi connectivity index (χ1n) is 3.52. The standard InChI is InChI=1S/C7H12N2O2/c1-2-11-6-7(10)9-5-3-4-8/h2-3,5-6H2,1H3,(H,9,10). The molecule has 0 aromatic carbocycles. The molecule has 0 atom stereocenters. The predicted molar refractivity (Wildman–Crippen MR) is 39.7 cm³/mol. The van der Waals surface area contributed by atoms with Gasteiger partial charge in [-0.3, -0.25) is 4.79 Å². The van der Waals surface area contributed by atoms with E-state index in [1.54, 1.807) is 0 Å². The summed E-state index contributed by atoms with van der Waals surface area (Å²) in [6.07, 6.45) is 0.345.